The third-order valence-corrected chi connectivity index (χ3v) is 8.01. The van der Waals surface area contributed by atoms with E-state index in [0.717, 1.165) is 39.7 Å². The van der Waals surface area contributed by atoms with Gasteiger partial charge in [-0.15, -0.1) is 11.3 Å². The minimum absolute atomic E-state index is 0.0747. The summed E-state index contributed by atoms with van der Waals surface area (Å²) in [5, 5.41) is 1.61. The predicted molar refractivity (Wildman–Crippen MR) is 127 cm³/mol. The van der Waals surface area contributed by atoms with E-state index >= 15 is 0 Å². The summed E-state index contributed by atoms with van der Waals surface area (Å²) in [4.78, 5) is 21.1. The van der Waals surface area contributed by atoms with Crippen molar-refractivity contribution in [2.75, 3.05) is 0 Å². The molecule has 4 aromatic rings. The van der Waals surface area contributed by atoms with Gasteiger partial charge in [0.05, 0.1) is 11.1 Å². The minimum Gasteiger partial charge on any atom is -0.268 e. The molecule has 1 atom stereocenters. The van der Waals surface area contributed by atoms with Crippen molar-refractivity contribution in [3.63, 3.8) is 0 Å². The van der Waals surface area contributed by atoms with Crippen LogP contribution in [-0.2, 0) is 12.2 Å². The van der Waals surface area contributed by atoms with Gasteiger partial charge in [0.2, 0.25) is 0 Å². The largest absolute Gasteiger partial charge is 0.268 e. The molecule has 0 fully saturated rings. The Bertz CT molecular complexity index is 1260. The Morgan fingerprint density at radius 3 is 2.67 bits per heavy atom. The van der Waals surface area contributed by atoms with Crippen molar-refractivity contribution in [2.45, 2.75) is 49.9 Å². The van der Waals surface area contributed by atoms with Crippen LogP contribution in [0.1, 0.15) is 47.3 Å². The second-order valence-electron chi connectivity index (χ2n) is 8.06. The molecule has 5 heteroatoms. The first-order valence-corrected chi connectivity index (χ1v) is 12.2. The SMILES string of the molecule is Cc1ccc(-n2c(SCc3ccccc3)nc3sc4c(c3c2=O)[C@@H](C)CCC4)cc1. The Morgan fingerprint density at radius 1 is 1.13 bits per heavy atom. The van der Waals surface area contributed by atoms with Crippen molar-refractivity contribution in [3.8, 4) is 5.69 Å². The van der Waals surface area contributed by atoms with Gasteiger partial charge in [-0.1, -0.05) is 66.7 Å². The van der Waals surface area contributed by atoms with Gasteiger partial charge < -0.3 is 0 Å². The van der Waals surface area contributed by atoms with Gasteiger partial charge in [-0.3, -0.25) is 9.36 Å². The molecule has 0 spiro atoms. The van der Waals surface area contributed by atoms with Crippen LogP contribution in [0.3, 0.4) is 0 Å². The average Bonchev–Trinajstić information content (AvgIpc) is 3.14. The zero-order chi connectivity index (χ0) is 20.7. The fraction of sp³-hybridized carbons (Fsp3) is 0.280. The van der Waals surface area contributed by atoms with Crippen LogP contribution in [0.4, 0.5) is 0 Å². The Hall–Kier alpha value is -2.37. The Morgan fingerprint density at radius 2 is 1.90 bits per heavy atom. The minimum atomic E-state index is 0.0747. The van der Waals surface area contributed by atoms with Gasteiger partial charge in [-0.25, -0.2) is 4.98 Å². The number of hydrogen-bond donors (Lipinski definition) is 0. The fourth-order valence-corrected chi connectivity index (χ4v) is 6.60. The highest BCUT2D eigenvalue weighted by Crippen LogP contribution is 2.41. The molecule has 0 radical (unpaired) electrons. The molecule has 0 N–H and O–H groups in total. The number of hydrogen-bond acceptors (Lipinski definition) is 4. The summed E-state index contributed by atoms with van der Waals surface area (Å²) in [7, 11) is 0. The van der Waals surface area contributed by atoms with E-state index in [9.17, 15) is 4.79 Å². The molecule has 2 heterocycles. The van der Waals surface area contributed by atoms with Crippen LogP contribution in [-0.4, -0.2) is 9.55 Å². The van der Waals surface area contributed by atoms with E-state index < -0.39 is 0 Å². The van der Waals surface area contributed by atoms with Gasteiger partial charge in [0.15, 0.2) is 5.16 Å². The molecule has 0 amide bonds. The smallest absolute Gasteiger partial charge is 0.267 e. The zero-order valence-corrected chi connectivity index (χ0v) is 18.9. The van der Waals surface area contributed by atoms with Crippen molar-refractivity contribution in [1.82, 2.24) is 9.55 Å². The van der Waals surface area contributed by atoms with E-state index in [4.69, 9.17) is 4.98 Å². The maximum Gasteiger partial charge on any atom is 0.267 e. The number of aryl methyl sites for hydroxylation is 2. The fourth-order valence-electron chi connectivity index (χ4n) is 4.26. The summed E-state index contributed by atoms with van der Waals surface area (Å²) in [6, 6.07) is 18.5. The second-order valence-corrected chi connectivity index (χ2v) is 10.1. The van der Waals surface area contributed by atoms with Gasteiger partial charge in [0, 0.05) is 10.6 Å². The highest BCUT2D eigenvalue weighted by atomic mass is 32.2. The molecule has 0 aliphatic heterocycles. The summed E-state index contributed by atoms with van der Waals surface area (Å²) in [6.07, 6.45) is 3.41. The van der Waals surface area contributed by atoms with Crippen LogP contribution < -0.4 is 5.56 Å². The first-order valence-electron chi connectivity index (χ1n) is 10.4. The lowest BCUT2D eigenvalue weighted by Gasteiger charge is -2.19. The lowest BCUT2D eigenvalue weighted by Crippen LogP contribution is -2.22. The highest BCUT2D eigenvalue weighted by Gasteiger charge is 2.26. The van der Waals surface area contributed by atoms with Crippen molar-refractivity contribution in [1.29, 1.82) is 0 Å². The van der Waals surface area contributed by atoms with Gasteiger partial charge >= 0.3 is 0 Å². The van der Waals surface area contributed by atoms with Gasteiger partial charge in [-0.05, 0) is 55.4 Å². The van der Waals surface area contributed by atoms with Gasteiger partial charge in [0.25, 0.3) is 5.56 Å². The lowest BCUT2D eigenvalue weighted by atomic mass is 9.88. The van der Waals surface area contributed by atoms with Crippen LogP contribution >= 0.6 is 23.1 Å². The standard InChI is InChI=1S/C25H24N2OS2/c1-16-11-13-19(14-12-16)27-24(28)22-21-17(2)7-6-10-20(21)30-23(22)26-25(27)29-15-18-8-4-3-5-9-18/h3-5,8-9,11-14,17H,6-7,10,15H2,1-2H3/t17-/m0/s1. The third-order valence-electron chi connectivity index (χ3n) is 5.85. The van der Waals surface area contributed by atoms with Crippen molar-refractivity contribution in [2.24, 2.45) is 0 Å². The molecular formula is C25H24N2OS2. The van der Waals surface area contributed by atoms with Crippen molar-refractivity contribution in [3.05, 3.63) is 86.5 Å². The van der Waals surface area contributed by atoms with E-state index in [1.807, 2.05) is 34.9 Å². The summed E-state index contributed by atoms with van der Waals surface area (Å²) < 4.78 is 1.82. The third kappa shape index (κ3) is 3.50. The van der Waals surface area contributed by atoms with Crippen LogP contribution in [0.2, 0.25) is 0 Å². The molecule has 0 saturated carbocycles. The topological polar surface area (TPSA) is 34.9 Å². The van der Waals surface area contributed by atoms with Crippen LogP contribution in [0, 0.1) is 6.92 Å². The summed E-state index contributed by atoms with van der Waals surface area (Å²) >= 11 is 3.36. The molecule has 152 valence electrons. The van der Waals surface area contributed by atoms with Crippen LogP contribution in [0.15, 0.2) is 64.5 Å². The molecule has 0 saturated heterocycles. The van der Waals surface area contributed by atoms with E-state index in [-0.39, 0.29) is 5.56 Å². The summed E-state index contributed by atoms with van der Waals surface area (Å²) in [5.41, 5.74) is 4.62. The summed E-state index contributed by atoms with van der Waals surface area (Å²) in [5.74, 6) is 1.21. The Kier molecular flexibility index (Phi) is 5.25. The van der Waals surface area contributed by atoms with Crippen LogP contribution in [0.25, 0.3) is 15.9 Å². The normalized spacial score (nSPS) is 16.0. The number of thiophene rings is 1. The molecule has 1 aliphatic carbocycles. The first kappa shape index (κ1) is 19.6. The number of rotatable bonds is 4. The molecule has 0 unspecified atom stereocenters. The maximum absolute atomic E-state index is 13.8. The maximum atomic E-state index is 13.8. The highest BCUT2D eigenvalue weighted by molar-refractivity contribution is 7.98. The second kappa shape index (κ2) is 8.05. The molecular weight excluding hydrogens is 408 g/mol. The lowest BCUT2D eigenvalue weighted by molar-refractivity contribution is 0.601. The number of aromatic nitrogens is 2. The zero-order valence-electron chi connectivity index (χ0n) is 17.2. The quantitative estimate of drug-likeness (QED) is 0.273. The molecule has 3 nitrogen and oxygen atoms in total. The summed E-state index contributed by atoms with van der Waals surface area (Å²) in [6.45, 7) is 4.31. The van der Waals surface area contributed by atoms with E-state index in [2.05, 4.69) is 38.1 Å². The molecule has 1 aliphatic rings. The Labute approximate surface area is 184 Å². The van der Waals surface area contributed by atoms with Crippen molar-refractivity contribution < 1.29 is 0 Å². The number of thioether (sulfide) groups is 1. The molecule has 2 aromatic carbocycles. The van der Waals surface area contributed by atoms with Gasteiger partial charge in [0.1, 0.15) is 4.83 Å². The van der Waals surface area contributed by atoms with Gasteiger partial charge in [-0.2, -0.15) is 0 Å². The Balaban J connectivity index is 1.70. The first-order chi connectivity index (χ1) is 14.6. The van der Waals surface area contributed by atoms with Crippen LogP contribution in [0.5, 0.6) is 0 Å². The molecule has 30 heavy (non-hydrogen) atoms. The van der Waals surface area contributed by atoms with E-state index in [1.165, 1.54) is 28.0 Å². The van der Waals surface area contributed by atoms with E-state index in [1.54, 1.807) is 23.1 Å². The molecule has 0 bridgehead atoms. The average molecular weight is 433 g/mol. The number of fused-ring (bicyclic) bond motifs is 3. The monoisotopic (exact) mass is 432 g/mol. The van der Waals surface area contributed by atoms with E-state index in [0.29, 0.717) is 5.92 Å². The number of nitrogens with zero attached hydrogens (tertiary/aromatic N) is 2. The molecule has 2 aromatic heterocycles. The molecule has 5 rings (SSSR count). The predicted octanol–water partition coefficient (Wildman–Crippen LogP) is 6.49. The van der Waals surface area contributed by atoms with Crippen molar-refractivity contribution >= 4 is 33.3 Å². The number of benzene rings is 2.